The Balaban J connectivity index is -0.000000109. The van der Waals surface area contributed by atoms with Crippen molar-refractivity contribution in [1.82, 2.24) is 0 Å². The minimum Gasteiger partial charge on any atom is -0.680 e. The van der Waals surface area contributed by atoms with Crippen molar-refractivity contribution in [2.24, 2.45) is 0 Å². The van der Waals surface area contributed by atoms with Crippen LogP contribution in [-0.4, -0.2) is 29.1 Å². The summed E-state index contributed by atoms with van der Waals surface area (Å²) < 4.78 is 0. The van der Waals surface area contributed by atoms with E-state index >= 15 is 0 Å². The SMILES string of the molecule is C[N-]C[SiH](C)C.C[NH-].[Y]. The van der Waals surface area contributed by atoms with E-state index < -0.39 is 0 Å². The topological polar surface area (TPSA) is 37.9 Å². The zero-order valence-corrected chi connectivity index (χ0v) is 10.8. The molecule has 0 rings (SSSR count). The molecule has 0 saturated carbocycles. The molecule has 0 bridgehead atoms. The van der Waals surface area contributed by atoms with E-state index in [1.54, 1.807) is 0 Å². The summed E-state index contributed by atoms with van der Waals surface area (Å²) in [7, 11) is 2.79. The van der Waals surface area contributed by atoms with Gasteiger partial charge in [-0.2, -0.15) is 20.3 Å². The number of hydrogen-bond acceptors (Lipinski definition) is 0. The molecule has 0 aliphatic heterocycles. The Labute approximate surface area is 85.5 Å². The summed E-state index contributed by atoms with van der Waals surface area (Å²) in [6, 6.07) is 0. The molecule has 0 aromatic heterocycles. The molecule has 0 heterocycles. The van der Waals surface area contributed by atoms with E-state index in [-0.39, 0.29) is 41.5 Å². The average molecular weight is 221 g/mol. The van der Waals surface area contributed by atoms with Crippen molar-refractivity contribution in [1.29, 1.82) is 0 Å². The molecule has 0 amide bonds. The Morgan fingerprint density at radius 3 is 1.67 bits per heavy atom. The van der Waals surface area contributed by atoms with Crippen LogP contribution in [0.4, 0.5) is 0 Å². The molecule has 0 unspecified atom stereocenters. The van der Waals surface area contributed by atoms with Gasteiger partial charge in [0.05, 0.1) is 0 Å². The van der Waals surface area contributed by atoms with Crippen LogP contribution in [0.5, 0.6) is 0 Å². The molecule has 4 heteroatoms. The first-order chi connectivity index (χ1) is 3.77. The fraction of sp³-hybridized carbons (Fsp3) is 1.00. The third-order valence-electron chi connectivity index (χ3n) is 0.548. The molecule has 0 aromatic rings. The Bertz CT molecular complexity index is 36.1. The minimum atomic E-state index is -0.337. The minimum absolute atomic E-state index is 0. The normalized spacial score (nSPS) is 7.33. The Kier molecular flexibility index (Phi) is 29.9. The van der Waals surface area contributed by atoms with Crippen molar-refractivity contribution in [2.75, 3.05) is 20.3 Å². The van der Waals surface area contributed by atoms with Crippen molar-refractivity contribution in [3.8, 4) is 0 Å². The molecule has 1 N–H and O–H groups in total. The van der Waals surface area contributed by atoms with E-state index in [1.807, 2.05) is 7.05 Å². The molecular weight excluding hydrogens is 205 g/mol. The van der Waals surface area contributed by atoms with Crippen LogP contribution in [0.25, 0.3) is 11.1 Å². The standard InChI is InChI=1S/C4H12NSi.CH4N.Y/c1-5-4-6(2)3;1-2;/h6H,4H2,1-3H3;2H,1H3;/q2*-1;. The maximum absolute atomic E-state index is 5.75. The average Bonchev–Trinajstić information content (AvgIpc) is 1.72. The molecule has 2 nitrogen and oxygen atoms in total. The van der Waals surface area contributed by atoms with Gasteiger partial charge in [-0.3, -0.25) is 0 Å². The Hall–Kier alpha value is 1.24. The zero-order valence-electron chi connectivity index (χ0n) is 6.81. The third kappa shape index (κ3) is 26.9. The Morgan fingerprint density at radius 2 is 1.67 bits per heavy atom. The number of hydrogen-bond donors (Lipinski definition) is 0. The molecular formula is C5H16N2SiY-2. The fourth-order valence-corrected chi connectivity index (χ4v) is 1.10. The van der Waals surface area contributed by atoms with Gasteiger partial charge in [-0.25, -0.2) is 0 Å². The van der Waals surface area contributed by atoms with Gasteiger partial charge in [-0.05, 0) is 0 Å². The summed E-state index contributed by atoms with van der Waals surface area (Å²) in [5.74, 6) is 0. The Morgan fingerprint density at radius 1 is 1.33 bits per heavy atom. The predicted octanol–water partition coefficient (Wildman–Crippen LogP) is 1.68. The van der Waals surface area contributed by atoms with Crippen LogP contribution in [0.2, 0.25) is 13.1 Å². The first kappa shape index (κ1) is 16.7. The van der Waals surface area contributed by atoms with Crippen LogP contribution in [0.1, 0.15) is 0 Å². The number of nitrogens with zero attached hydrogens (tertiary/aromatic N) is 1. The van der Waals surface area contributed by atoms with Crippen LogP contribution in [-0.2, 0) is 32.7 Å². The number of rotatable bonds is 2. The summed E-state index contributed by atoms with van der Waals surface area (Å²) in [5, 5.41) is 4.00. The van der Waals surface area contributed by atoms with Gasteiger partial charge in [-0.1, -0.05) is 13.1 Å². The number of nitrogens with one attached hydrogen (secondary N) is 1. The third-order valence-corrected chi connectivity index (χ3v) is 1.64. The van der Waals surface area contributed by atoms with Crippen molar-refractivity contribution in [3.63, 3.8) is 0 Å². The van der Waals surface area contributed by atoms with E-state index in [9.17, 15) is 0 Å². The second-order valence-electron chi connectivity index (χ2n) is 1.89. The smallest absolute Gasteiger partial charge is 0.00995 e. The molecule has 9 heavy (non-hydrogen) atoms. The van der Waals surface area contributed by atoms with E-state index in [2.05, 4.69) is 18.4 Å². The molecule has 0 aliphatic rings. The largest absolute Gasteiger partial charge is 0.680 e. The molecule has 1 radical (unpaired) electrons. The van der Waals surface area contributed by atoms with Crippen molar-refractivity contribution in [2.45, 2.75) is 13.1 Å². The van der Waals surface area contributed by atoms with Crippen LogP contribution in [0.15, 0.2) is 0 Å². The van der Waals surface area contributed by atoms with Crippen molar-refractivity contribution < 1.29 is 32.7 Å². The van der Waals surface area contributed by atoms with Gasteiger partial charge in [0.2, 0.25) is 0 Å². The zero-order chi connectivity index (χ0) is 6.99. The molecule has 0 spiro atoms. The first-order valence-electron chi connectivity index (χ1n) is 2.83. The molecule has 0 atom stereocenters. The summed E-state index contributed by atoms with van der Waals surface area (Å²) in [6.07, 6.45) is 1.14. The monoisotopic (exact) mass is 221 g/mol. The maximum atomic E-state index is 5.75. The summed E-state index contributed by atoms with van der Waals surface area (Å²) in [6.45, 7) is 4.60. The molecule has 0 aliphatic carbocycles. The quantitative estimate of drug-likeness (QED) is 0.636. The van der Waals surface area contributed by atoms with E-state index in [1.165, 1.54) is 7.05 Å². The molecule has 55 valence electrons. The van der Waals surface area contributed by atoms with Crippen molar-refractivity contribution in [3.05, 3.63) is 11.1 Å². The van der Waals surface area contributed by atoms with Crippen LogP contribution in [0.3, 0.4) is 0 Å². The summed E-state index contributed by atoms with van der Waals surface area (Å²) >= 11 is 0. The summed E-state index contributed by atoms with van der Waals surface area (Å²) in [4.78, 5) is 0. The van der Waals surface area contributed by atoms with Gasteiger partial charge in [-0.15, -0.1) is 0 Å². The molecule has 0 saturated heterocycles. The molecule has 0 aromatic carbocycles. The van der Waals surface area contributed by atoms with Gasteiger partial charge in [0, 0.05) is 41.5 Å². The first-order valence-corrected chi connectivity index (χ1v) is 5.95. The van der Waals surface area contributed by atoms with E-state index in [4.69, 9.17) is 5.73 Å². The van der Waals surface area contributed by atoms with Crippen LogP contribution >= 0.6 is 0 Å². The fourth-order valence-electron chi connectivity index (χ4n) is 0.365. The van der Waals surface area contributed by atoms with Gasteiger partial charge >= 0.3 is 0 Å². The second-order valence-corrected chi connectivity index (χ2v) is 5.05. The van der Waals surface area contributed by atoms with Gasteiger partial charge in [0.25, 0.3) is 0 Å². The van der Waals surface area contributed by atoms with Crippen LogP contribution in [0, 0.1) is 0 Å². The summed E-state index contributed by atoms with van der Waals surface area (Å²) in [5.41, 5.74) is 5.75. The predicted molar refractivity (Wildman–Crippen MR) is 43.3 cm³/mol. The van der Waals surface area contributed by atoms with Gasteiger partial charge in [0.1, 0.15) is 0 Å². The van der Waals surface area contributed by atoms with Gasteiger partial charge in [0.15, 0.2) is 0 Å². The van der Waals surface area contributed by atoms with E-state index in [0.717, 1.165) is 6.17 Å². The second kappa shape index (κ2) is 16.1. The maximum Gasteiger partial charge on any atom is 0.00995 e. The molecule has 0 fully saturated rings. The van der Waals surface area contributed by atoms with Gasteiger partial charge < -0.3 is 11.1 Å². The van der Waals surface area contributed by atoms with Crippen LogP contribution < -0.4 is 0 Å². The van der Waals surface area contributed by atoms with E-state index in [0.29, 0.717) is 0 Å². The van der Waals surface area contributed by atoms with Crippen molar-refractivity contribution >= 4 is 8.80 Å².